The lowest BCUT2D eigenvalue weighted by atomic mass is 9.85. The largest absolute Gasteiger partial charge is 0.389 e. The highest BCUT2D eigenvalue weighted by Gasteiger charge is 2.47. The first-order chi connectivity index (χ1) is 8.15. The van der Waals surface area contributed by atoms with E-state index in [1.165, 1.54) is 12.0 Å². The van der Waals surface area contributed by atoms with Crippen LogP contribution in [0.2, 0.25) is 0 Å². The number of aliphatic hydroxyl groups excluding tert-OH is 1. The van der Waals surface area contributed by atoms with Crippen LogP contribution in [0.15, 0.2) is 12.2 Å². The SMILES string of the molecule is COCC(O)CN1C(=O)C2CC=CCC2C1=O. The van der Waals surface area contributed by atoms with Crippen molar-refractivity contribution >= 4 is 11.8 Å². The Morgan fingerprint density at radius 1 is 1.35 bits per heavy atom. The molecule has 2 aliphatic rings. The lowest BCUT2D eigenvalue weighted by molar-refractivity contribution is -0.142. The quantitative estimate of drug-likeness (QED) is 0.551. The predicted molar refractivity (Wildman–Crippen MR) is 60.0 cm³/mol. The number of amides is 2. The fourth-order valence-electron chi connectivity index (χ4n) is 2.50. The van der Waals surface area contributed by atoms with Crippen molar-refractivity contribution in [2.45, 2.75) is 18.9 Å². The third-order valence-electron chi connectivity index (χ3n) is 3.35. The summed E-state index contributed by atoms with van der Waals surface area (Å²) in [6, 6.07) is 0. The molecule has 0 spiro atoms. The van der Waals surface area contributed by atoms with Gasteiger partial charge in [-0.2, -0.15) is 0 Å². The van der Waals surface area contributed by atoms with Gasteiger partial charge < -0.3 is 9.84 Å². The monoisotopic (exact) mass is 239 g/mol. The van der Waals surface area contributed by atoms with E-state index in [9.17, 15) is 14.7 Å². The fraction of sp³-hybridized carbons (Fsp3) is 0.667. The lowest BCUT2D eigenvalue weighted by Crippen LogP contribution is -2.39. The zero-order chi connectivity index (χ0) is 12.4. The van der Waals surface area contributed by atoms with Gasteiger partial charge in [-0.3, -0.25) is 14.5 Å². The number of aliphatic hydroxyl groups is 1. The molecule has 2 rings (SSSR count). The van der Waals surface area contributed by atoms with E-state index in [1.54, 1.807) is 0 Å². The predicted octanol–water partition coefficient (Wildman–Crippen LogP) is -0.0551. The number of hydrogen-bond acceptors (Lipinski definition) is 4. The van der Waals surface area contributed by atoms with Crippen molar-refractivity contribution in [2.75, 3.05) is 20.3 Å². The number of β-amino-alcohol motifs (C(OH)–C–C–N with tert-alkyl or cyclic N) is 1. The van der Waals surface area contributed by atoms with Gasteiger partial charge in [0.25, 0.3) is 0 Å². The zero-order valence-corrected chi connectivity index (χ0v) is 9.83. The molecule has 0 aromatic heterocycles. The summed E-state index contributed by atoms with van der Waals surface area (Å²) in [5.41, 5.74) is 0. The highest BCUT2D eigenvalue weighted by atomic mass is 16.5. The third kappa shape index (κ3) is 2.25. The number of allylic oxidation sites excluding steroid dienone is 2. The molecule has 0 aromatic rings. The van der Waals surface area contributed by atoms with Gasteiger partial charge in [0, 0.05) is 7.11 Å². The van der Waals surface area contributed by atoms with Crippen molar-refractivity contribution in [3.63, 3.8) is 0 Å². The fourth-order valence-corrected chi connectivity index (χ4v) is 2.50. The summed E-state index contributed by atoms with van der Waals surface area (Å²) in [4.78, 5) is 25.2. The highest BCUT2D eigenvalue weighted by Crippen LogP contribution is 2.34. The van der Waals surface area contributed by atoms with E-state index in [2.05, 4.69) is 0 Å². The molecule has 1 N–H and O–H groups in total. The Balaban J connectivity index is 2.05. The van der Waals surface area contributed by atoms with Crippen LogP contribution in [0, 0.1) is 11.8 Å². The van der Waals surface area contributed by atoms with Crippen LogP contribution in [-0.2, 0) is 14.3 Å². The summed E-state index contributed by atoms with van der Waals surface area (Å²) in [6.07, 6.45) is 4.35. The minimum atomic E-state index is -0.805. The van der Waals surface area contributed by atoms with Crippen molar-refractivity contribution in [1.82, 2.24) is 4.90 Å². The number of ether oxygens (including phenoxy) is 1. The maximum atomic E-state index is 12.0. The van der Waals surface area contributed by atoms with Crippen molar-refractivity contribution in [2.24, 2.45) is 11.8 Å². The van der Waals surface area contributed by atoms with Crippen molar-refractivity contribution in [3.8, 4) is 0 Å². The molecule has 5 heteroatoms. The molecule has 1 aliphatic heterocycles. The minimum absolute atomic E-state index is 0.0402. The number of carbonyl (C=O) groups excluding carboxylic acids is 2. The average molecular weight is 239 g/mol. The van der Waals surface area contributed by atoms with E-state index in [0.717, 1.165) is 0 Å². The first kappa shape index (κ1) is 12.3. The summed E-state index contributed by atoms with van der Waals surface area (Å²) >= 11 is 0. The molecule has 0 radical (unpaired) electrons. The first-order valence-electron chi connectivity index (χ1n) is 5.82. The van der Waals surface area contributed by atoms with Crippen LogP contribution in [-0.4, -0.2) is 48.2 Å². The van der Waals surface area contributed by atoms with E-state index in [0.29, 0.717) is 12.8 Å². The Kier molecular flexibility index (Phi) is 3.59. The van der Waals surface area contributed by atoms with Gasteiger partial charge in [0.05, 0.1) is 31.1 Å². The Labute approximate surface area is 100 Å². The molecule has 3 unspecified atom stereocenters. The van der Waals surface area contributed by atoms with Gasteiger partial charge in [0.1, 0.15) is 0 Å². The Morgan fingerprint density at radius 2 is 1.88 bits per heavy atom. The standard InChI is InChI=1S/C12H17NO4/c1-17-7-8(14)6-13-11(15)9-4-2-3-5-10(9)12(13)16/h2-3,8-10,14H,4-7H2,1H3. The van der Waals surface area contributed by atoms with E-state index >= 15 is 0 Å². The van der Waals surface area contributed by atoms with Crippen LogP contribution in [0.4, 0.5) is 0 Å². The maximum absolute atomic E-state index is 12.0. The average Bonchev–Trinajstić information content (AvgIpc) is 2.56. The van der Waals surface area contributed by atoms with Crippen LogP contribution in [0.5, 0.6) is 0 Å². The van der Waals surface area contributed by atoms with Crippen LogP contribution in [0.1, 0.15) is 12.8 Å². The summed E-state index contributed by atoms with van der Waals surface area (Å²) in [5.74, 6) is -0.747. The number of carbonyl (C=O) groups is 2. The molecule has 1 saturated heterocycles. The van der Waals surface area contributed by atoms with Gasteiger partial charge in [-0.05, 0) is 12.8 Å². The number of methoxy groups -OCH3 is 1. The summed E-state index contributed by atoms with van der Waals surface area (Å²) in [5, 5.41) is 9.59. The summed E-state index contributed by atoms with van der Waals surface area (Å²) in [6.45, 7) is 0.170. The van der Waals surface area contributed by atoms with Gasteiger partial charge >= 0.3 is 0 Å². The minimum Gasteiger partial charge on any atom is -0.389 e. The molecule has 17 heavy (non-hydrogen) atoms. The number of likely N-dealkylation sites (tertiary alicyclic amines) is 1. The summed E-state index contributed by atoms with van der Waals surface area (Å²) < 4.78 is 4.79. The Morgan fingerprint density at radius 3 is 2.35 bits per heavy atom. The third-order valence-corrected chi connectivity index (χ3v) is 3.35. The van der Waals surface area contributed by atoms with E-state index in [-0.39, 0.29) is 36.8 Å². The second-order valence-corrected chi connectivity index (χ2v) is 4.55. The van der Waals surface area contributed by atoms with Gasteiger partial charge in [0.15, 0.2) is 0 Å². The second-order valence-electron chi connectivity index (χ2n) is 4.55. The van der Waals surface area contributed by atoms with Crippen LogP contribution >= 0.6 is 0 Å². The second kappa shape index (κ2) is 4.98. The number of imide groups is 1. The first-order valence-corrected chi connectivity index (χ1v) is 5.82. The Hall–Kier alpha value is -1.20. The molecule has 2 amide bonds. The lowest BCUT2D eigenvalue weighted by Gasteiger charge is -2.18. The highest BCUT2D eigenvalue weighted by molar-refractivity contribution is 6.05. The zero-order valence-electron chi connectivity index (χ0n) is 9.83. The number of hydrogen-bond donors (Lipinski definition) is 1. The van der Waals surface area contributed by atoms with Gasteiger partial charge in [0.2, 0.25) is 11.8 Å². The molecule has 0 saturated carbocycles. The van der Waals surface area contributed by atoms with Crippen molar-refractivity contribution < 1.29 is 19.4 Å². The molecular formula is C12H17NO4. The van der Waals surface area contributed by atoms with Gasteiger partial charge in [-0.15, -0.1) is 0 Å². The van der Waals surface area contributed by atoms with Gasteiger partial charge in [-0.1, -0.05) is 12.2 Å². The molecule has 1 fully saturated rings. The molecule has 1 aliphatic carbocycles. The van der Waals surface area contributed by atoms with E-state index in [4.69, 9.17) is 4.74 Å². The van der Waals surface area contributed by atoms with E-state index < -0.39 is 6.10 Å². The molecule has 0 bridgehead atoms. The molecule has 5 nitrogen and oxygen atoms in total. The van der Waals surface area contributed by atoms with Crippen LogP contribution < -0.4 is 0 Å². The number of fused-ring (bicyclic) bond motifs is 1. The summed E-state index contributed by atoms with van der Waals surface area (Å²) in [7, 11) is 1.47. The van der Waals surface area contributed by atoms with Crippen molar-refractivity contribution in [3.05, 3.63) is 12.2 Å². The number of rotatable bonds is 4. The van der Waals surface area contributed by atoms with Crippen LogP contribution in [0.25, 0.3) is 0 Å². The number of nitrogens with zero attached hydrogens (tertiary/aromatic N) is 1. The van der Waals surface area contributed by atoms with Gasteiger partial charge in [-0.25, -0.2) is 0 Å². The van der Waals surface area contributed by atoms with Crippen molar-refractivity contribution in [1.29, 1.82) is 0 Å². The molecule has 94 valence electrons. The Bertz CT molecular complexity index is 326. The molecule has 0 aromatic carbocycles. The normalized spacial score (nSPS) is 29.6. The molecule has 3 atom stereocenters. The molecule has 1 heterocycles. The maximum Gasteiger partial charge on any atom is 0.233 e. The topological polar surface area (TPSA) is 66.8 Å². The molecular weight excluding hydrogens is 222 g/mol. The smallest absolute Gasteiger partial charge is 0.233 e. The van der Waals surface area contributed by atoms with E-state index in [1.807, 2.05) is 12.2 Å². The van der Waals surface area contributed by atoms with Crippen LogP contribution in [0.3, 0.4) is 0 Å².